The van der Waals surface area contributed by atoms with E-state index in [1.165, 1.54) is 11.3 Å². The first-order chi connectivity index (χ1) is 14.9. The van der Waals surface area contributed by atoms with Crippen LogP contribution < -0.4 is 14.4 Å². The van der Waals surface area contributed by atoms with Crippen molar-refractivity contribution >= 4 is 45.0 Å². The van der Waals surface area contributed by atoms with Crippen LogP contribution >= 0.6 is 23.7 Å². The summed E-state index contributed by atoms with van der Waals surface area (Å²) in [5, 5.41) is 0.648. The maximum absolute atomic E-state index is 13.7. The molecule has 0 N–H and O–H groups in total. The van der Waals surface area contributed by atoms with Crippen LogP contribution in [-0.2, 0) is 0 Å². The number of aromatic nitrogens is 1. The number of rotatable bonds is 9. The van der Waals surface area contributed by atoms with Crippen molar-refractivity contribution in [3.8, 4) is 11.5 Å². The molecule has 0 fully saturated rings. The Bertz CT molecular complexity index is 1030. The van der Waals surface area contributed by atoms with Crippen molar-refractivity contribution in [2.24, 2.45) is 0 Å². The third-order valence-electron chi connectivity index (χ3n) is 5.52. The van der Waals surface area contributed by atoms with Crippen LogP contribution in [0.5, 0.6) is 11.5 Å². The maximum Gasteiger partial charge on any atom is 0.260 e. The zero-order valence-corrected chi connectivity index (χ0v) is 21.2. The highest BCUT2D eigenvalue weighted by Crippen LogP contribution is 2.40. The molecule has 6 nitrogen and oxygen atoms in total. The molecular formula is C24H32ClN3O3S. The lowest BCUT2D eigenvalue weighted by Crippen LogP contribution is -2.39. The molecule has 1 heterocycles. The number of nitrogens with zero attached hydrogens (tertiary/aromatic N) is 3. The van der Waals surface area contributed by atoms with Gasteiger partial charge < -0.3 is 14.4 Å². The van der Waals surface area contributed by atoms with Gasteiger partial charge in [0.25, 0.3) is 5.91 Å². The summed E-state index contributed by atoms with van der Waals surface area (Å²) in [5.41, 5.74) is 3.51. The van der Waals surface area contributed by atoms with Gasteiger partial charge in [0.2, 0.25) is 0 Å². The second-order valence-electron chi connectivity index (χ2n) is 7.45. The quantitative estimate of drug-likeness (QED) is 0.416. The number of carbonyl (C=O) groups excluding carboxylic acids is 1. The Morgan fingerprint density at radius 3 is 2.25 bits per heavy atom. The van der Waals surface area contributed by atoms with Gasteiger partial charge in [0.05, 0.1) is 14.2 Å². The zero-order chi connectivity index (χ0) is 22.5. The van der Waals surface area contributed by atoms with Gasteiger partial charge in [-0.2, -0.15) is 0 Å². The van der Waals surface area contributed by atoms with Crippen molar-refractivity contribution in [1.82, 2.24) is 9.88 Å². The van der Waals surface area contributed by atoms with Gasteiger partial charge in [0.1, 0.15) is 21.7 Å². The molecule has 0 unspecified atom stereocenters. The van der Waals surface area contributed by atoms with Crippen LogP contribution in [0.2, 0.25) is 0 Å². The maximum atomic E-state index is 13.7. The number of hydrogen-bond acceptors (Lipinski definition) is 6. The topological polar surface area (TPSA) is 54.9 Å². The fourth-order valence-corrected chi connectivity index (χ4v) is 4.75. The Morgan fingerprint density at radius 2 is 1.66 bits per heavy atom. The predicted molar refractivity (Wildman–Crippen MR) is 135 cm³/mol. The van der Waals surface area contributed by atoms with E-state index in [0.29, 0.717) is 28.5 Å². The molecular weight excluding hydrogens is 446 g/mol. The largest absolute Gasteiger partial charge is 0.495 e. The lowest BCUT2D eigenvalue weighted by atomic mass is 10.0. The number of methoxy groups -OCH3 is 2. The van der Waals surface area contributed by atoms with E-state index >= 15 is 0 Å². The lowest BCUT2D eigenvalue weighted by molar-refractivity contribution is 0.0983. The lowest BCUT2D eigenvalue weighted by Gasteiger charge is -2.25. The summed E-state index contributed by atoms with van der Waals surface area (Å²) in [6.45, 7) is 11.5. The Hall–Kier alpha value is -2.35. The standard InChI is InChI=1S/C24H31N3O3S.ClH/c1-7-26(8-2)13-14-27(23(28)18-10-9-16(3)15-17(18)4)24-25-21-19(29-5)11-12-20(30-6)22(21)31-24;/h9-12,15H,7-8,13-14H2,1-6H3;1H. The van der Waals surface area contributed by atoms with E-state index in [1.54, 1.807) is 19.1 Å². The molecule has 0 atom stereocenters. The van der Waals surface area contributed by atoms with Gasteiger partial charge in [-0.25, -0.2) is 4.98 Å². The summed E-state index contributed by atoms with van der Waals surface area (Å²) in [6, 6.07) is 9.64. The molecule has 8 heteroatoms. The summed E-state index contributed by atoms with van der Waals surface area (Å²) in [4.78, 5) is 22.6. The van der Waals surface area contributed by atoms with Gasteiger partial charge >= 0.3 is 0 Å². The summed E-state index contributed by atoms with van der Waals surface area (Å²) >= 11 is 1.46. The number of anilines is 1. The van der Waals surface area contributed by atoms with Crippen LogP contribution in [0.25, 0.3) is 10.2 Å². The number of likely N-dealkylation sites (N-methyl/N-ethyl adjacent to an activating group) is 1. The molecule has 2 aromatic carbocycles. The van der Waals surface area contributed by atoms with E-state index in [2.05, 4.69) is 18.7 Å². The molecule has 1 aromatic heterocycles. The first-order valence-corrected chi connectivity index (χ1v) is 11.4. The SMILES string of the molecule is CCN(CC)CCN(C(=O)c1ccc(C)cc1C)c1nc2c(OC)ccc(OC)c2s1.Cl. The number of fused-ring (bicyclic) bond motifs is 1. The molecule has 3 aromatic rings. The fraction of sp³-hybridized carbons (Fsp3) is 0.417. The van der Waals surface area contributed by atoms with Gasteiger partial charge in [-0.1, -0.05) is 42.9 Å². The van der Waals surface area contributed by atoms with E-state index < -0.39 is 0 Å². The molecule has 0 aliphatic rings. The summed E-state index contributed by atoms with van der Waals surface area (Å²) in [6.07, 6.45) is 0. The van der Waals surface area contributed by atoms with Crippen molar-refractivity contribution in [1.29, 1.82) is 0 Å². The predicted octanol–water partition coefficient (Wildman–Crippen LogP) is 5.34. The van der Waals surface area contributed by atoms with Crippen LogP contribution in [0.3, 0.4) is 0 Å². The van der Waals surface area contributed by atoms with Gasteiger partial charge in [0.15, 0.2) is 5.13 Å². The van der Waals surface area contributed by atoms with Gasteiger partial charge in [-0.15, -0.1) is 12.4 Å². The smallest absolute Gasteiger partial charge is 0.260 e. The number of amides is 1. The molecule has 0 saturated carbocycles. The minimum absolute atomic E-state index is 0. The van der Waals surface area contributed by atoms with E-state index in [4.69, 9.17) is 14.5 Å². The van der Waals surface area contributed by atoms with Gasteiger partial charge in [-0.3, -0.25) is 9.69 Å². The Kier molecular flexibility index (Phi) is 9.31. The van der Waals surface area contributed by atoms with E-state index in [-0.39, 0.29) is 18.3 Å². The molecule has 3 rings (SSSR count). The van der Waals surface area contributed by atoms with Crippen LogP contribution in [-0.4, -0.2) is 56.2 Å². The number of thiazole rings is 1. The molecule has 1 amide bonds. The highest BCUT2D eigenvalue weighted by Gasteiger charge is 2.25. The van der Waals surface area contributed by atoms with Crippen molar-refractivity contribution in [2.45, 2.75) is 27.7 Å². The fourth-order valence-electron chi connectivity index (χ4n) is 3.65. The summed E-state index contributed by atoms with van der Waals surface area (Å²) in [7, 11) is 3.26. The molecule has 0 saturated heterocycles. The van der Waals surface area contributed by atoms with E-state index in [0.717, 1.165) is 41.2 Å². The molecule has 0 spiro atoms. The highest BCUT2D eigenvalue weighted by molar-refractivity contribution is 7.22. The van der Waals surface area contributed by atoms with Crippen LogP contribution in [0.4, 0.5) is 5.13 Å². The van der Waals surface area contributed by atoms with E-state index in [1.807, 2.05) is 44.2 Å². The number of hydrogen-bond donors (Lipinski definition) is 0. The number of benzene rings is 2. The van der Waals surface area contributed by atoms with Crippen LogP contribution in [0.15, 0.2) is 30.3 Å². The molecule has 0 aliphatic heterocycles. The molecule has 0 bridgehead atoms. The third-order valence-corrected chi connectivity index (χ3v) is 6.61. The first-order valence-electron chi connectivity index (χ1n) is 10.6. The third kappa shape index (κ3) is 5.34. The second-order valence-corrected chi connectivity index (χ2v) is 8.42. The van der Waals surface area contributed by atoms with E-state index in [9.17, 15) is 4.79 Å². The average molecular weight is 478 g/mol. The Morgan fingerprint density at radius 1 is 1.00 bits per heavy atom. The Balaban J connectivity index is 0.00000363. The van der Waals surface area contributed by atoms with Crippen LogP contribution in [0.1, 0.15) is 35.3 Å². The minimum atomic E-state index is -0.0401. The highest BCUT2D eigenvalue weighted by atomic mass is 35.5. The normalized spacial score (nSPS) is 10.8. The number of ether oxygens (including phenoxy) is 2. The van der Waals surface area contributed by atoms with Crippen molar-refractivity contribution < 1.29 is 14.3 Å². The monoisotopic (exact) mass is 477 g/mol. The average Bonchev–Trinajstić information content (AvgIpc) is 3.20. The second kappa shape index (κ2) is 11.5. The summed E-state index contributed by atoms with van der Waals surface area (Å²) in [5.74, 6) is 1.35. The van der Waals surface area contributed by atoms with Crippen molar-refractivity contribution in [2.75, 3.05) is 45.3 Å². The van der Waals surface area contributed by atoms with Crippen molar-refractivity contribution in [3.63, 3.8) is 0 Å². The van der Waals surface area contributed by atoms with Crippen molar-refractivity contribution in [3.05, 3.63) is 47.0 Å². The molecule has 174 valence electrons. The van der Waals surface area contributed by atoms with Gasteiger partial charge in [-0.05, 0) is 50.7 Å². The first kappa shape index (κ1) is 25.9. The number of aryl methyl sites for hydroxylation is 2. The number of halogens is 1. The Labute approximate surface area is 200 Å². The minimum Gasteiger partial charge on any atom is -0.495 e. The molecule has 32 heavy (non-hydrogen) atoms. The summed E-state index contributed by atoms with van der Waals surface area (Å²) < 4.78 is 11.9. The van der Waals surface area contributed by atoms with Gasteiger partial charge in [0, 0.05) is 18.7 Å². The van der Waals surface area contributed by atoms with Crippen LogP contribution in [0, 0.1) is 13.8 Å². The molecule has 0 aliphatic carbocycles. The number of carbonyl (C=O) groups is 1. The zero-order valence-electron chi connectivity index (χ0n) is 19.6. The molecule has 0 radical (unpaired) electrons.